The lowest BCUT2D eigenvalue weighted by molar-refractivity contribution is 0.0547. The fourth-order valence-electron chi connectivity index (χ4n) is 1.33. The van der Waals surface area contributed by atoms with Crippen molar-refractivity contribution in [2.24, 2.45) is 0 Å². The van der Waals surface area contributed by atoms with Crippen LogP contribution < -0.4 is 5.32 Å². The molecule has 0 radical (unpaired) electrons. The Balaban J connectivity index is 4.65. The molecule has 0 atom stereocenters. The summed E-state index contributed by atoms with van der Waals surface area (Å²) in [5.74, 6) is 1.83. The fourth-order valence-corrected chi connectivity index (χ4v) is 1.79. The second-order valence-electron chi connectivity index (χ2n) is 5.38. The van der Waals surface area contributed by atoms with E-state index in [-0.39, 0.29) is 0 Å². The number of carbonyl (C=O) groups is 1. The van der Waals surface area contributed by atoms with Gasteiger partial charge in [0, 0.05) is 5.70 Å². The number of nitrogens with one attached hydrogen (secondary N) is 1. The van der Waals surface area contributed by atoms with Crippen LogP contribution in [0.25, 0.3) is 0 Å². The summed E-state index contributed by atoms with van der Waals surface area (Å²) in [5.41, 5.74) is 0.202. The number of unbranched alkanes of at least 4 members (excludes halogenated alkanes) is 1. The quantitative estimate of drug-likeness (QED) is 0.437. The van der Waals surface area contributed by atoms with Crippen molar-refractivity contribution in [1.29, 1.82) is 0 Å². The van der Waals surface area contributed by atoms with E-state index in [0.717, 1.165) is 24.4 Å². The number of thioether (sulfide) groups is 1. The molecule has 20 heavy (non-hydrogen) atoms. The van der Waals surface area contributed by atoms with Crippen molar-refractivity contribution in [1.82, 2.24) is 5.32 Å². The zero-order valence-corrected chi connectivity index (χ0v) is 14.2. The van der Waals surface area contributed by atoms with Crippen LogP contribution in [0.5, 0.6) is 0 Å². The van der Waals surface area contributed by atoms with Gasteiger partial charge >= 0.3 is 6.09 Å². The Kier molecular flexibility index (Phi) is 9.21. The maximum absolute atomic E-state index is 11.8. The van der Waals surface area contributed by atoms with E-state index in [1.165, 1.54) is 0 Å². The van der Waals surface area contributed by atoms with Gasteiger partial charge in [0.2, 0.25) is 0 Å². The molecule has 0 aromatic carbocycles. The van der Waals surface area contributed by atoms with Crippen molar-refractivity contribution in [2.45, 2.75) is 46.1 Å². The SMILES string of the molecule is CO/C(C)=C/C(=C/CCCSC)NC(=O)OC(C)(C)C. The van der Waals surface area contributed by atoms with Gasteiger partial charge in [-0.15, -0.1) is 0 Å². The van der Waals surface area contributed by atoms with Gasteiger partial charge in [-0.3, -0.25) is 5.32 Å². The number of allylic oxidation sites excluding steroid dienone is 3. The summed E-state index contributed by atoms with van der Waals surface area (Å²) in [6.45, 7) is 7.35. The largest absolute Gasteiger partial charge is 0.501 e. The number of carbonyl (C=O) groups excluding carboxylic acids is 1. The molecule has 0 bridgehead atoms. The minimum absolute atomic E-state index is 0.450. The van der Waals surface area contributed by atoms with Gasteiger partial charge in [0.1, 0.15) is 5.60 Å². The second kappa shape index (κ2) is 9.75. The van der Waals surface area contributed by atoms with Gasteiger partial charge in [-0.2, -0.15) is 11.8 Å². The lowest BCUT2D eigenvalue weighted by Gasteiger charge is -2.20. The predicted octanol–water partition coefficient (Wildman–Crippen LogP) is 4.09. The van der Waals surface area contributed by atoms with E-state index >= 15 is 0 Å². The molecule has 4 nitrogen and oxygen atoms in total. The highest BCUT2D eigenvalue weighted by Gasteiger charge is 2.16. The topological polar surface area (TPSA) is 47.6 Å². The van der Waals surface area contributed by atoms with Gasteiger partial charge < -0.3 is 9.47 Å². The number of ether oxygens (including phenoxy) is 2. The van der Waals surface area contributed by atoms with Crippen LogP contribution in [0.15, 0.2) is 23.6 Å². The molecule has 0 aliphatic carbocycles. The van der Waals surface area contributed by atoms with Crippen LogP contribution in [-0.2, 0) is 9.47 Å². The highest BCUT2D eigenvalue weighted by Crippen LogP contribution is 2.09. The van der Waals surface area contributed by atoms with Crippen LogP contribution in [0.4, 0.5) is 4.79 Å². The summed E-state index contributed by atoms with van der Waals surface area (Å²) in [6.07, 6.45) is 7.39. The average Bonchev–Trinajstić information content (AvgIpc) is 2.31. The first kappa shape index (κ1) is 18.9. The van der Waals surface area contributed by atoms with Gasteiger partial charge in [-0.1, -0.05) is 6.08 Å². The maximum atomic E-state index is 11.8. The number of alkyl carbamates (subject to hydrolysis) is 1. The molecule has 0 rings (SSSR count). The summed E-state index contributed by atoms with van der Waals surface area (Å²) in [6, 6.07) is 0. The number of rotatable bonds is 7. The summed E-state index contributed by atoms with van der Waals surface area (Å²) in [7, 11) is 1.60. The van der Waals surface area contributed by atoms with E-state index in [0.29, 0.717) is 5.70 Å². The summed E-state index contributed by atoms with van der Waals surface area (Å²) < 4.78 is 10.4. The summed E-state index contributed by atoms with van der Waals surface area (Å²) >= 11 is 1.81. The molecule has 0 spiro atoms. The zero-order valence-electron chi connectivity index (χ0n) is 13.4. The minimum Gasteiger partial charge on any atom is -0.501 e. The fraction of sp³-hybridized carbons (Fsp3) is 0.667. The summed E-state index contributed by atoms with van der Waals surface area (Å²) in [5, 5.41) is 2.75. The standard InChI is InChI=1S/C15H27NO3S/c1-12(18-5)11-13(9-7-8-10-20-6)16-14(17)19-15(2,3)4/h9,11H,7-8,10H2,1-6H3,(H,16,17)/b12-11+,13-9-. The molecule has 5 heteroatoms. The van der Waals surface area contributed by atoms with Crippen LogP contribution in [0, 0.1) is 0 Å². The van der Waals surface area contributed by atoms with Crippen molar-refractivity contribution in [3.63, 3.8) is 0 Å². The van der Waals surface area contributed by atoms with E-state index in [1.54, 1.807) is 13.2 Å². The Labute approximate surface area is 127 Å². The van der Waals surface area contributed by atoms with E-state index in [9.17, 15) is 4.79 Å². The third-order valence-electron chi connectivity index (χ3n) is 2.24. The maximum Gasteiger partial charge on any atom is 0.412 e. The monoisotopic (exact) mass is 301 g/mol. The lowest BCUT2D eigenvalue weighted by atomic mass is 10.2. The van der Waals surface area contributed by atoms with Gasteiger partial charge in [-0.25, -0.2) is 4.79 Å². The molecule has 0 aromatic heterocycles. The molecule has 0 heterocycles. The molecule has 1 amide bonds. The first-order valence-electron chi connectivity index (χ1n) is 6.70. The third-order valence-corrected chi connectivity index (χ3v) is 2.94. The van der Waals surface area contributed by atoms with Crippen molar-refractivity contribution >= 4 is 17.9 Å². The highest BCUT2D eigenvalue weighted by molar-refractivity contribution is 7.98. The number of hydrogen-bond acceptors (Lipinski definition) is 4. The van der Waals surface area contributed by atoms with E-state index in [2.05, 4.69) is 11.6 Å². The third kappa shape index (κ3) is 10.8. The van der Waals surface area contributed by atoms with E-state index < -0.39 is 11.7 Å². The molecule has 0 aliphatic rings. The molecule has 0 fully saturated rings. The molecule has 0 aromatic rings. The van der Waals surface area contributed by atoms with Crippen molar-refractivity contribution in [2.75, 3.05) is 19.1 Å². The normalized spacial score (nSPS) is 13.1. The Hall–Kier alpha value is -1.10. The molecule has 0 saturated carbocycles. The van der Waals surface area contributed by atoms with Crippen LogP contribution in [0.1, 0.15) is 40.5 Å². The molecular formula is C15H27NO3S. The van der Waals surface area contributed by atoms with Gasteiger partial charge in [0.05, 0.1) is 12.9 Å². The van der Waals surface area contributed by atoms with Gasteiger partial charge in [-0.05, 0) is 58.6 Å². The molecule has 0 aliphatic heterocycles. The molecule has 1 N–H and O–H groups in total. The summed E-state index contributed by atoms with van der Waals surface area (Å²) in [4.78, 5) is 11.8. The molecular weight excluding hydrogens is 274 g/mol. The number of hydrogen-bond donors (Lipinski definition) is 1. The van der Waals surface area contributed by atoms with Crippen molar-refractivity contribution < 1.29 is 14.3 Å². The smallest absolute Gasteiger partial charge is 0.412 e. The van der Waals surface area contributed by atoms with Gasteiger partial charge in [0.25, 0.3) is 0 Å². The lowest BCUT2D eigenvalue weighted by Crippen LogP contribution is -2.31. The average molecular weight is 301 g/mol. The van der Waals surface area contributed by atoms with Crippen LogP contribution >= 0.6 is 11.8 Å². The van der Waals surface area contributed by atoms with Crippen LogP contribution in [0.2, 0.25) is 0 Å². The van der Waals surface area contributed by atoms with Crippen LogP contribution in [-0.4, -0.2) is 30.8 Å². The Morgan fingerprint density at radius 1 is 1.35 bits per heavy atom. The Morgan fingerprint density at radius 3 is 2.50 bits per heavy atom. The molecule has 0 unspecified atom stereocenters. The van der Waals surface area contributed by atoms with E-state index in [4.69, 9.17) is 9.47 Å². The Morgan fingerprint density at radius 2 is 2.00 bits per heavy atom. The first-order valence-corrected chi connectivity index (χ1v) is 8.09. The van der Waals surface area contributed by atoms with Crippen molar-refractivity contribution in [3.05, 3.63) is 23.6 Å². The van der Waals surface area contributed by atoms with Crippen molar-refractivity contribution in [3.8, 4) is 0 Å². The van der Waals surface area contributed by atoms with Crippen LogP contribution in [0.3, 0.4) is 0 Å². The van der Waals surface area contributed by atoms with E-state index in [1.807, 2.05) is 45.5 Å². The minimum atomic E-state index is -0.506. The molecule has 116 valence electrons. The number of methoxy groups -OCH3 is 1. The second-order valence-corrected chi connectivity index (χ2v) is 6.37. The zero-order chi connectivity index (χ0) is 15.6. The Bertz CT molecular complexity index is 357. The van der Waals surface area contributed by atoms with Gasteiger partial charge in [0.15, 0.2) is 0 Å². The molecule has 0 saturated heterocycles. The predicted molar refractivity (Wildman–Crippen MR) is 85.8 cm³/mol. The number of amides is 1. The first-order chi connectivity index (χ1) is 9.28. The highest BCUT2D eigenvalue weighted by atomic mass is 32.2.